The van der Waals surface area contributed by atoms with Crippen LogP contribution in [0.2, 0.25) is 5.02 Å². The van der Waals surface area contributed by atoms with Crippen molar-refractivity contribution >= 4 is 29.6 Å². The van der Waals surface area contributed by atoms with E-state index in [1.54, 1.807) is 24.3 Å². The molecular formula is C20H17ClO5. The van der Waals surface area contributed by atoms with Crippen LogP contribution in [0.25, 0.3) is 17.4 Å². The first-order valence-electron chi connectivity index (χ1n) is 8.59. The highest BCUT2D eigenvalue weighted by Gasteiger charge is 2.46. The maximum atomic E-state index is 12.4. The van der Waals surface area contributed by atoms with E-state index in [9.17, 15) is 9.59 Å². The van der Waals surface area contributed by atoms with E-state index < -0.39 is 17.7 Å². The van der Waals surface area contributed by atoms with Crippen LogP contribution in [0.3, 0.4) is 0 Å². The van der Waals surface area contributed by atoms with Gasteiger partial charge < -0.3 is 13.9 Å². The Kier molecular flexibility index (Phi) is 4.32. The highest BCUT2D eigenvalue weighted by atomic mass is 35.5. The molecule has 2 heterocycles. The number of esters is 2. The first kappa shape index (κ1) is 16.9. The molecule has 2 aliphatic rings. The lowest BCUT2D eigenvalue weighted by atomic mass is 9.93. The Morgan fingerprint density at radius 3 is 2.38 bits per heavy atom. The average Bonchev–Trinajstić information content (AvgIpc) is 3.08. The third-order valence-corrected chi connectivity index (χ3v) is 4.87. The maximum absolute atomic E-state index is 12.4. The first-order valence-corrected chi connectivity index (χ1v) is 8.97. The fourth-order valence-corrected chi connectivity index (χ4v) is 3.52. The van der Waals surface area contributed by atoms with Gasteiger partial charge in [0.1, 0.15) is 17.1 Å². The summed E-state index contributed by atoms with van der Waals surface area (Å²) in [6, 6.07) is 10.6. The van der Waals surface area contributed by atoms with E-state index in [2.05, 4.69) is 0 Å². The number of benzene rings is 1. The maximum Gasteiger partial charge on any atom is 0.349 e. The fraction of sp³-hybridized carbons (Fsp3) is 0.300. The molecule has 0 radical (unpaired) electrons. The van der Waals surface area contributed by atoms with Gasteiger partial charge in [-0.15, -0.1) is 0 Å². The van der Waals surface area contributed by atoms with Gasteiger partial charge in [-0.2, -0.15) is 0 Å². The van der Waals surface area contributed by atoms with Crippen LogP contribution in [0, 0.1) is 0 Å². The SMILES string of the molecule is O=C1OC2(CCCCC2)OC(=O)C1=Cc1ccc(-c2cccc(Cl)c2)o1. The lowest BCUT2D eigenvalue weighted by Gasteiger charge is -2.38. The molecule has 26 heavy (non-hydrogen) atoms. The van der Waals surface area contributed by atoms with Crippen molar-refractivity contribution < 1.29 is 23.5 Å². The summed E-state index contributed by atoms with van der Waals surface area (Å²) < 4.78 is 16.6. The lowest BCUT2D eigenvalue weighted by Crippen LogP contribution is -2.47. The van der Waals surface area contributed by atoms with Crippen LogP contribution in [0.5, 0.6) is 0 Å². The van der Waals surface area contributed by atoms with Crippen molar-refractivity contribution in [1.82, 2.24) is 0 Å². The molecule has 0 unspecified atom stereocenters. The Labute approximate surface area is 155 Å². The number of ether oxygens (including phenoxy) is 2. The van der Waals surface area contributed by atoms with Gasteiger partial charge in [0.05, 0.1) is 0 Å². The second-order valence-electron chi connectivity index (χ2n) is 6.52. The summed E-state index contributed by atoms with van der Waals surface area (Å²) in [5.41, 5.74) is 0.644. The molecule has 4 rings (SSSR count). The lowest BCUT2D eigenvalue weighted by molar-refractivity contribution is -0.244. The molecule has 0 N–H and O–H groups in total. The largest absolute Gasteiger partial charge is 0.457 e. The minimum Gasteiger partial charge on any atom is -0.457 e. The minimum absolute atomic E-state index is 0.159. The van der Waals surface area contributed by atoms with Crippen LogP contribution in [0.15, 0.2) is 46.4 Å². The van der Waals surface area contributed by atoms with Crippen molar-refractivity contribution in [3.05, 3.63) is 52.8 Å². The summed E-state index contributed by atoms with van der Waals surface area (Å²) in [6.07, 6.45) is 5.27. The Balaban J connectivity index is 1.57. The van der Waals surface area contributed by atoms with Crippen molar-refractivity contribution in [2.24, 2.45) is 0 Å². The summed E-state index contributed by atoms with van der Waals surface area (Å²) in [5.74, 6) is -1.46. The second kappa shape index (κ2) is 6.65. The molecule has 0 atom stereocenters. The van der Waals surface area contributed by atoms with E-state index >= 15 is 0 Å². The summed E-state index contributed by atoms with van der Waals surface area (Å²) in [6.45, 7) is 0. The molecule has 1 aromatic carbocycles. The number of hydrogen-bond acceptors (Lipinski definition) is 5. The van der Waals surface area contributed by atoms with Crippen LogP contribution >= 0.6 is 11.6 Å². The predicted molar refractivity (Wildman–Crippen MR) is 95.1 cm³/mol. The van der Waals surface area contributed by atoms with Crippen LogP contribution in [-0.4, -0.2) is 17.7 Å². The van der Waals surface area contributed by atoms with E-state index in [-0.39, 0.29) is 5.57 Å². The van der Waals surface area contributed by atoms with Crippen LogP contribution in [-0.2, 0) is 19.1 Å². The number of hydrogen-bond donors (Lipinski definition) is 0. The first-order chi connectivity index (χ1) is 12.5. The Morgan fingerprint density at radius 2 is 1.69 bits per heavy atom. The van der Waals surface area contributed by atoms with Crippen molar-refractivity contribution in [3.63, 3.8) is 0 Å². The van der Waals surface area contributed by atoms with Gasteiger partial charge in [0.15, 0.2) is 0 Å². The van der Waals surface area contributed by atoms with Gasteiger partial charge >= 0.3 is 11.9 Å². The topological polar surface area (TPSA) is 65.7 Å². The van der Waals surface area contributed by atoms with Gasteiger partial charge in [0.2, 0.25) is 0 Å². The van der Waals surface area contributed by atoms with Crippen molar-refractivity contribution in [2.75, 3.05) is 0 Å². The van der Waals surface area contributed by atoms with Crippen molar-refractivity contribution in [2.45, 2.75) is 37.9 Å². The van der Waals surface area contributed by atoms with E-state index in [1.807, 2.05) is 12.1 Å². The molecule has 1 aliphatic carbocycles. The fourth-order valence-electron chi connectivity index (χ4n) is 3.33. The van der Waals surface area contributed by atoms with E-state index in [0.29, 0.717) is 29.4 Å². The van der Waals surface area contributed by atoms with E-state index in [0.717, 1.165) is 24.8 Å². The molecule has 0 bridgehead atoms. The van der Waals surface area contributed by atoms with E-state index in [4.69, 9.17) is 25.5 Å². The van der Waals surface area contributed by atoms with Gasteiger partial charge in [-0.1, -0.05) is 30.2 Å². The Morgan fingerprint density at radius 1 is 0.962 bits per heavy atom. The molecule has 134 valence electrons. The summed E-state index contributed by atoms with van der Waals surface area (Å²) in [7, 11) is 0. The third kappa shape index (κ3) is 3.27. The summed E-state index contributed by atoms with van der Waals surface area (Å²) in [4.78, 5) is 24.7. The molecule has 1 aliphatic heterocycles. The standard InChI is InChI=1S/C20H17ClO5/c21-14-6-4-5-13(11-14)17-8-7-15(24-17)12-16-18(22)25-20(26-19(16)23)9-2-1-3-10-20/h4-8,11-12H,1-3,9-10H2. The monoisotopic (exact) mass is 372 g/mol. The number of halogens is 1. The minimum atomic E-state index is -1.08. The summed E-state index contributed by atoms with van der Waals surface area (Å²) >= 11 is 5.99. The van der Waals surface area contributed by atoms with Crippen LogP contribution in [0.1, 0.15) is 37.9 Å². The highest BCUT2D eigenvalue weighted by molar-refractivity contribution is 6.30. The Hall–Kier alpha value is -2.53. The molecule has 1 spiro atoms. The summed E-state index contributed by atoms with van der Waals surface area (Å²) in [5, 5.41) is 0.594. The smallest absolute Gasteiger partial charge is 0.349 e. The molecule has 2 fully saturated rings. The number of rotatable bonds is 2. The van der Waals surface area contributed by atoms with Crippen molar-refractivity contribution in [1.29, 1.82) is 0 Å². The van der Waals surface area contributed by atoms with E-state index in [1.165, 1.54) is 6.08 Å². The average molecular weight is 373 g/mol. The van der Waals surface area contributed by atoms with Gasteiger partial charge in [0, 0.05) is 29.5 Å². The third-order valence-electron chi connectivity index (χ3n) is 4.64. The van der Waals surface area contributed by atoms with Gasteiger partial charge in [-0.3, -0.25) is 0 Å². The molecule has 0 amide bonds. The second-order valence-corrected chi connectivity index (χ2v) is 6.96. The predicted octanol–water partition coefficient (Wildman–Crippen LogP) is 4.74. The number of furan rings is 1. The number of carbonyl (C=O) groups excluding carboxylic acids is 2. The molecule has 6 heteroatoms. The van der Waals surface area contributed by atoms with Crippen LogP contribution < -0.4 is 0 Å². The highest BCUT2D eigenvalue weighted by Crippen LogP contribution is 2.37. The number of carbonyl (C=O) groups is 2. The van der Waals surface area contributed by atoms with Gasteiger partial charge in [0.25, 0.3) is 5.79 Å². The zero-order valence-electron chi connectivity index (χ0n) is 14.0. The van der Waals surface area contributed by atoms with Gasteiger partial charge in [-0.05, 0) is 37.1 Å². The molecule has 5 nitrogen and oxygen atoms in total. The molecule has 1 saturated heterocycles. The Bertz CT molecular complexity index is 867. The molecular weight excluding hydrogens is 356 g/mol. The zero-order valence-corrected chi connectivity index (χ0v) is 14.8. The van der Waals surface area contributed by atoms with Gasteiger partial charge in [-0.25, -0.2) is 9.59 Å². The van der Waals surface area contributed by atoms with Crippen molar-refractivity contribution in [3.8, 4) is 11.3 Å². The molecule has 1 saturated carbocycles. The normalized spacial score (nSPS) is 19.2. The molecule has 1 aromatic heterocycles. The quantitative estimate of drug-likeness (QED) is 0.432. The zero-order chi connectivity index (χ0) is 18.1. The molecule has 2 aromatic rings. The van der Waals surface area contributed by atoms with Crippen LogP contribution in [0.4, 0.5) is 0 Å².